The second-order valence-corrected chi connectivity index (χ2v) is 5.74. The van der Waals surface area contributed by atoms with Crippen molar-refractivity contribution in [3.05, 3.63) is 78.0 Å². The average Bonchev–Trinajstić information content (AvgIpc) is 2.69. The van der Waals surface area contributed by atoms with Gasteiger partial charge in [-0.3, -0.25) is 4.79 Å². The number of nitrogens with zero attached hydrogens (tertiary/aromatic N) is 2. The van der Waals surface area contributed by atoms with Gasteiger partial charge in [-0.1, -0.05) is 24.3 Å². The summed E-state index contributed by atoms with van der Waals surface area (Å²) in [6, 6.07) is 13.7. The van der Waals surface area contributed by atoms with Crippen molar-refractivity contribution < 1.29 is 13.9 Å². The summed E-state index contributed by atoms with van der Waals surface area (Å²) in [5.41, 5.74) is 1.78. The number of carbonyl (C=O) groups is 1. The minimum Gasteiger partial charge on any atom is -0.496 e. The maximum absolute atomic E-state index is 13.2. The van der Waals surface area contributed by atoms with Crippen LogP contribution in [0.2, 0.25) is 0 Å². The molecule has 7 heteroatoms. The van der Waals surface area contributed by atoms with Crippen molar-refractivity contribution in [3.8, 4) is 5.75 Å². The van der Waals surface area contributed by atoms with Crippen molar-refractivity contribution in [2.45, 2.75) is 6.42 Å². The van der Waals surface area contributed by atoms with Crippen LogP contribution in [0, 0.1) is 5.82 Å². The van der Waals surface area contributed by atoms with Gasteiger partial charge >= 0.3 is 0 Å². The number of nitrogens with one attached hydrogen (secondary N) is 2. The fraction of sp³-hybridized carbons (Fsp3) is 0.150. The highest BCUT2D eigenvalue weighted by Crippen LogP contribution is 2.17. The van der Waals surface area contributed by atoms with Crippen LogP contribution >= 0.6 is 0 Å². The van der Waals surface area contributed by atoms with Crippen molar-refractivity contribution in [1.82, 2.24) is 15.3 Å². The van der Waals surface area contributed by atoms with Gasteiger partial charge in [0.2, 0.25) is 0 Å². The number of ether oxygens (including phenoxy) is 1. The van der Waals surface area contributed by atoms with E-state index in [1.807, 2.05) is 24.3 Å². The molecule has 0 atom stereocenters. The first-order chi connectivity index (χ1) is 13.2. The van der Waals surface area contributed by atoms with E-state index in [0.29, 0.717) is 24.5 Å². The number of hydrogen-bond acceptors (Lipinski definition) is 5. The van der Waals surface area contributed by atoms with E-state index in [-0.39, 0.29) is 17.4 Å². The number of aromatic nitrogens is 2. The van der Waals surface area contributed by atoms with Crippen molar-refractivity contribution in [2.24, 2.45) is 0 Å². The number of para-hydroxylation sites is 1. The van der Waals surface area contributed by atoms with E-state index in [4.69, 9.17) is 4.74 Å². The van der Waals surface area contributed by atoms with Gasteiger partial charge in [-0.25, -0.2) is 14.4 Å². The SMILES string of the molecule is COc1ccccc1CCNC(=O)c1cnc(Nc2cccc(F)c2)cn1. The minimum absolute atomic E-state index is 0.208. The highest BCUT2D eigenvalue weighted by Gasteiger charge is 2.09. The van der Waals surface area contributed by atoms with Crippen LogP contribution in [0.3, 0.4) is 0 Å². The number of rotatable bonds is 7. The summed E-state index contributed by atoms with van der Waals surface area (Å²) in [6.45, 7) is 0.449. The van der Waals surface area contributed by atoms with Crippen molar-refractivity contribution in [3.63, 3.8) is 0 Å². The van der Waals surface area contributed by atoms with E-state index in [1.54, 1.807) is 19.2 Å². The third-order valence-corrected chi connectivity index (χ3v) is 3.85. The molecule has 138 valence electrons. The van der Waals surface area contributed by atoms with E-state index >= 15 is 0 Å². The number of halogens is 1. The largest absolute Gasteiger partial charge is 0.496 e. The van der Waals surface area contributed by atoms with Crippen LogP contribution in [0.25, 0.3) is 0 Å². The molecule has 0 aliphatic heterocycles. The number of carbonyl (C=O) groups excluding carboxylic acids is 1. The highest BCUT2D eigenvalue weighted by molar-refractivity contribution is 5.92. The van der Waals surface area contributed by atoms with Gasteiger partial charge in [-0.05, 0) is 36.2 Å². The van der Waals surface area contributed by atoms with Crippen LogP contribution in [0.5, 0.6) is 5.75 Å². The monoisotopic (exact) mass is 366 g/mol. The van der Waals surface area contributed by atoms with E-state index in [2.05, 4.69) is 20.6 Å². The fourth-order valence-electron chi connectivity index (χ4n) is 2.53. The second-order valence-electron chi connectivity index (χ2n) is 5.74. The Morgan fingerprint density at radius 2 is 1.96 bits per heavy atom. The van der Waals surface area contributed by atoms with Crippen molar-refractivity contribution >= 4 is 17.4 Å². The molecule has 0 aliphatic rings. The second kappa shape index (κ2) is 8.75. The predicted molar refractivity (Wildman–Crippen MR) is 101 cm³/mol. The summed E-state index contributed by atoms with van der Waals surface area (Å²) < 4.78 is 18.5. The fourth-order valence-corrected chi connectivity index (χ4v) is 2.53. The summed E-state index contributed by atoms with van der Waals surface area (Å²) in [7, 11) is 1.62. The molecular formula is C20H19FN4O2. The lowest BCUT2D eigenvalue weighted by atomic mass is 10.1. The van der Waals surface area contributed by atoms with E-state index < -0.39 is 0 Å². The van der Waals surface area contributed by atoms with Gasteiger partial charge in [-0.2, -0.15) is 0 Å². The number of amides is 1. The number of hydrogen-bond donors (Lipinski definition) is 2. The molecule has 0 radical (unpaired) electrons. The Labute approximate surface area is 156 Å². The summed E-state index contributed by atoms with van der Waals surface area (Å²) in [6.07, 6.45) is 3.45. The first-order valence-corrected chi connectivity index (χ1v) is 8.40. The van der Waals surface area contributed by atoms with Gasteiger partial charge in [0, 0.05) is 12.2 Å². The zero-order valence-electron chi connectivity index (χ0n) is 14.8. The lowest BCUT2D eigenvalue weighted by molar-refractivity contribution is 0.0948. The Kier molecular flexibility index (Phi) is 5.94. The summed E-state index contributed by atoms with van der Waals surface area (Å²) in [5.74, 6) is 0.555. The van der Waals surface area contributed by atoms with Gasteiger partial charge in [0.15, 0.2) is 0 Å². The van der Waals surface area contributed by atoms with Gasteiger partial charge in [0.05, 0.1) is 19.5 Å². The molecule has 0 fully saturated rings. The third-order valence-electron chi connectivity index (χ3n) is 3.85. The number of benzene rings is 2. The molecule has 1 heterocycles. The molecule has 0 bridgehead atoms. The Hall–Kier alpha value is -3.48. The molecule has 1 amide bonds. The van der Waals surface area contributed by atoms with Crippen molar-refractivity contribution in [2.75, 3.05) is 19.0 Å². The van der Waals surface area contributed by atoms with Crippen molar-refractivity contribution in [1.29, 1.82) is 0 Å². The molecule has 1 aromatic heterocycles. The topological polar surface area (TPSA) is 76.1 Å². The smallest absolute Gasteiger partial charge is 0.271 e. The average molecular weight is 366 g/mol. The quantitative estimate of drug-likeness (QED) is 0.671. The normalized spacial score (nSPS) is 10.3. The summed E-state index contributed by atoms with van der Waals surface area (Å²) in [5, 5.41) is 5.74. The third kappa shape index (κ3) is 5.01. The molecule has 2 N–H and O–H groups in total. The van der Waals surface area contributed by atoms with Gasteiger partial charge in [-0.15, -0.1) is 0 Å². The highest BCUT2D eigenvalue weighted by atomic mass is 19.1. The van der Waals surface area contributed by atoms with E-state index in [9.17, 15) is 9.18 Å². The zero-order chi connectivity index (χ0) is 19.1. The lowest BCUT2D eigenvalue weighted by Crippen LogP contribution is -2.26. The predicted octanol–water partition coefficient (Wildman–Crippen LogP) is 3.34. The molecule has 2 aromatic carbocycles. The first-order valence-electron chi connectivity index (χ1n) is 8.40. The molecule has 0 saturated carbocycles. The lowest BCUT2D eigenvalue weighted by Gasteiger charge is -2.09. The van der Waals surface area contributed by atoms with Crippen LogP contribution in [-0.4, -0.2) is 29.5 Å². The molecule has 27 heavy (non-hydrogen) atoms. The Morgan fingerprint density at radius 1 is 1.11 bits per heavy atom. The molecular weight excluding hydrogens is 347 g/mol. The van der Waals surface area contributed by atoms with E-state index in [0.717, 1.165) is 11.3 Å². The zero-order valence-corrected chi connectivity index (χ0v) is 14.8. The van der Waals surface area contributed by atoms with Crippen LogP contribution < -0.4 is 15.4 Å². The minimum atomic E-state index is -0.348. The molecule has 3 aromatic rings. The molecule has 3 rings (SSSR count). The van der Waals surface area contributed by atoms with E-state index in [1.165, 1.54) is 24.5 Å². The number of methoxy groups -OCH3 is 1. The maximum Gasteiger partial charge on any atom is 0.271 e. The molecule has 0 unspecified atom stereocenters. The maximum atomic E-state index is 13.2. The molecule has 6 nitrogen and oxygen atoms in total. The molecule has 0 aliphatic carbocycles. The van der Waals surface area contributed by atoms with Gasteiger partial charge in [0.1, 0.15) is 23.1 Å². The summed E-state index contributed by atoms with van der Waals surface area (Å²) in [4.78, 5) is 20.4. The van der Waals surface area contributed by atoms with Crippen LogP contribution in [0.1, 0.15) is 16.1 Å². The molecule has 0 spiro atoms. The Bertz CT molecular complexity index is 916. The van der Waals surface area contributed by atoms with Gasteiger partial charge < -0.3 is 15.4 Å². The standard InChI is InChI=1S/C20H19FN4O2/c1-27-18-8-3-2-5-14(18)9-10-22-20(26)17-12-24-19(13-23-17)25-16-7-4-6-15(21)11-16/h2-8,11-13H,9-10H2,1H3,(H,22,26)(H,24,25). The number of anilines is 2. The molecule has 0 saturated heterocycles. The van der Waals surface area contributed by atoms with Crippen LogP contribution in [0.15, 0.2) is 60.9 Å². The van der Waals surface area contributed by atoms with Crippen LogP contribution in [0.4, 0.5) is 15.9 Å². The Morgan fingerprint density at radius 3 is 2.70 bits per heavy atom. The Balaban J connectivity index is 1.54. The van der Waals surface area contributed by atoms with Gasteiger partial charge in [0.25, 0.3) is 5.91 Å². The first kappa shape index (κ1) is 18.3. The van der Waals surface area contributed by atoms with Crippen LogP contribution in [-0.2, 0) is 6.42 Å². The summed E-state index contributed by atoms with van der Waals surface area (Å²) >= 11 is 0.